The number of hydrogen-bond donors (Lipinski definition) is 2. The maximum absolute atomic E-state index is 13.5. The minimum absolute atomic E-state index is 0.0721. The highest BCUT2D eigenvalue weighted by molar-refractivity contribution is 5.57. The number of hydrogen-bond acceptors (Lipinski definition) is 3. The number of aliphatic hydroxyl groups excluding tert-OH is 1. The van der Waals surface area contributed by atoms with Crippen LogP contribution in [0.2, 0.25) is 0 Å². The van der Waals surface area contributed by atoms with Crippen molar-refractivity contribution in [3.8, 4) is 0 Å². The Morgan fingerprint density at radius 3 is 2.59 bits per heavy atom. The Hall–Kier alpha value is -1.13. The predicted molar refractivity (Wildman–Crippen MR) is 68.7 cm³/mol. The van der Waals surface area contributed by atoms with Crippen molar-refractivity contribution in [1.29, 1.82) is 0 Å². The van der Waals surface area contributed by atoms with Crippen LogP contribution in [0, 0.1) is 12.7 Å². The van der Waals surface area contributed by atoms with Crippen LogP contribution >= 0.6 is 0 Å². The van der Waals surface area contributed by atoms with E-state index in [0.717, 1.165) is 17.8 Å². The number of rotatable bonds is 5. The average Bonchev–Trinajstić information content (AvgIpc) is 2.29. The maximum Gasteiger partial charge on any atom is 0.126 e. The van der Waals surface area contributed by atoms with Gasteiger partial charge in [0, 0.05) is 24.8 Å². The van der Waals surface area contributed by atoms with E-state index in [1.54, 1.807) is 13.0 Å². The molecule has 0 fully saturated rings. The Balaban J connectivity index is 3.23. The molecule has 0 heterocycles. The van der Waals surface area contributed by atoms with Gasteiger partial charge in [0.05, 0.1) is 6.61 Å². The van der Waals surface area contributed by atoms with Gasteiger partial charge in [0.2, 0.25) is 0 Å². The van der Waals surface area contributed by atoms with Gasteiger partial charge in [0.25, 0.3) is 0 Å². The molecule has 0 aliphatic rings. The van der Waals surface area contributed by atoms with Crippen molar-refractivity contribution >= 4 is 5.69 Å². The molecule has 0 aliphatic heterocycles. The van der Waals surface area contributed by atoms with Crippen LogP contribution in [0.25, 0.3) is 0 Å². The lowest BCUT2D eigenvalue weighted by Crippen LogP contribution is -2.28. The number of nitrogens with zero attached hydrogens (tertiary/aromatic N) is 1. The van der Waals surface area contributed by atoms with Crippen molar-refractivity contribution in [2.75, 3.05) is 24.6 Å². The smallest absolute Gasteiger partial charge is 0.126 e. The van der Waals surface area contributed by atoms with E-state index in [2.05, 4.69) is 0 Å². The first-order valence-corrected chi connectivity index (χ1v) is 5.92. The molecule has 3 nitrogen and oxygen atoms in total. The Morgan fingerprint density at radius 2 is 2.12 bits per heavy atom. The summed E-state index contributed by atoms with van der Waals surface area (Å²) in [7, 11) is 0. The molecule has 0 bridgehead atoms. The second kappa shape index (κ2) is 5.98. The molecule has 96 valence electrons. The third kappa shape index (κ3) is 3.17. The van der Waals surface area contributed by atoms with E-state index in [9.17, 15) is 4.39 Å². The summed E-state index contributed by atoms with van der Waals surface area (Å²) in [5, 5.41) is 9.04. The van der Waals surface area contributed by atoms with Crippen molar-refractivity contribution in [1.82, 2.24) is 0 Å². The van der Waals surface area contributed by atoms with E-state index in [4.69, 9.17) is 10.8 Å². The first kappa shape index (κ1) is 13.9. The van der Waals surface area contributed by atoms with Crippen molar-refractivity contribution in [3.63, 3.8) is 0 Å². The Labute approximate surface area is 102 Å². The molecule has 0 amide bonds. The molecular formula is C13H21FN2O. The van der Waals surface area contributed by atoms with Gasteiger partial charge in [0.15, 0.2) is 0 Å². The summed E-state index contributed by atoms with van der Waals surface area (Å²) in [5.41, 5.74) is 8.16. The second-order valence-corrected chi connectivity index (χ2v) is 4.25. The van der Waals surface area contributed by atoms with Gasteiger partial charge >= 0.3 is 0 Å². The highest BCUT2D eigenvalue weighted by atomic mass is 19.1. The van der Waals surface area contributed by atoms with E-state index in [1.807, 2.05) is 18.7 Å². The fourth-order valence-electron chi connectivity index (χ4n) is 1.89. The summed E-state index contributed by atoms with van der Waals surface area (Å²) in [6, 6.07) is 3.07. The van der Waals surface area contributed by atoms with Gasteiger partial charge in [-0.1, -0.05) is 0 Å². The van der Waals surface area contributed by atoms with Gasteiger partial charge in [-0.05, 0) is 44.0 Å². The molecule has 1 rings (SSSR count). The summed E-state index contributed by atoms with van der Waals surface area (Å²) >= 11 is 0. The highest BCUT2D eigenvalue weighted by Crippen LogP contribution is 2.28. The first-order chi connectivity index (χ1) is 8.01. The number of anilines is 1. The molecule has 1 aromatic carbocycles. The molecule has 0 aromatic heterocycles. The first-order valence-electron chi connectivity index (χ1n) is 5.92. The van der Waals surface area contributed by atoms with Crippen LogP contribution in [0.1, 0.15) is 31.0 Å². The largest absolute Gasteiger partial charge is 0.395 e. The molecular weight excluding hydrogens is 219 g/mol. The lowest BCUT2D eigenvalue weighted by Gasteiger charge is -2.27. The SMILES string of the molecule is CCN(CCO)c1cc(C)c(F)cc1C(C)N. The van der Waals surface area contributed by atoms with E-state index in [0.29, 0.717) is 12.1 Å². The minimum Gasteiger partial charge on any atom is -0.395 e. The number of halogens is 1. The van der Waals surface area contributed by atoms with Gasteiger partial charge in [-0.15, -0.1) is 0 Å². The molecule has 0 spiro atoms. The normalized spacial score (nSPS) is 12.6. The van der Waals surface area contributed by atoms with Crippen molar-refractivity contribution in [2.24, 2.45) is 5.73 Å². The van der Waals surface area contributed by atoms with Crippen LogP contribution in [-0.2, 0) is 0 Å². The van der Waals surface area contributed by atoms with Crippen LogP contribution in [0.15, 0.2) is 12.1 Å². The number of aryl methyl sites for hydroxylation is 1. The molecule has 0 saturated heterocycles. The lowest BCUT2D eigenvalue weighted by atomic mass is 10.0. The molecule has 1 atom stereocenters. The van der Waals surface area contributed by atoms with Crippen molar-refractivity contribution < 1.29 is 9.50 Å². The van der Waals surface area contributed by atoms with Gasteiger partial charge < -0.3 is 15.7 Å². The zero-order chi connectivity index (χ0) is 13.0. The quantitative estimate of drug-likeness (QED) is 0.827. The standard InChI is InChI=1S/C13H21FN2O/c1-4-16(5-6-17)13-7-9(2)12(14)8-11(13)10(3)15/h7-8,10,17H,4-6,15H2,1-3H3. The fraction of sp³-hybridized carbons (Fsp3) is 0.538. The van der Waals surface area contributed by atoms with Gasteiger partial charge in [-0.3, -0.25) is 0 Å². The number of likely N-dealkylation sites (N-methyl/N-ethyl adjacent to an activating group) is 1. The van der Waals surface area contributed by atoms with Crippen LogP contribution in [0.4, 0.5) is 10.1 Å². The molecule has 0 saturated carbocycles. The lowest BCUT2D eigenvalue weighted by molar-refractivity contribution is 0.302. The van der Waals surface area contributed by atoms with Crippen LogP contribution in [-0.4, -0.2) is 24.8 Å². The summed E-state index contributed by atoms with van der Waals surface area (Å²) in [5.74, 6) is -0.235. The average molecular weight is 240 g/mol. The van der Waals surface area contributed by atoms with E-state index in [1.165, 1.54) is 6.07 Å². The third-order valence-electron chi connectivity index (χ3n) is 2.89. The maximum atomic E-state index is 13.5. The van der Waals surface area contributed by atoms with Crippen LogP contribution < -0.4 is 10.6 Å². The molecule has 0 aliphatic carbocycles. The molecule has 4 heteroatoms. The molecule has 0 radical (unpaired) electrons. The van der Waals surface area contributed by atoms with Crippen LogP contribution in [0.5, 0.6) is 0 Å². The van der Waals surface area contributed by atoms with E-state index >= 15 is 0 Å². The Morgan fingerprint density at radius 1 is 1.47 bits per heavy atom. The van der Waals surface area contributed by atoms with Gasteiger partial charge in [-0.25, -0.2) is 4.39 Å². The van der Waals surface area contributed by atoms with Crippen molar-refractivity contribution in [2.45, 2.75) is 26.8 Å². The molecule has 1 aromatic rings. The summed E-state index contributed by atoms with van der Waals surface area (Å²) in [6.07, 6.45) is 0. The Kier molecular flexibility index (Phi) is 4.90. The third-order valence-corrected chi connectivity index (χ3v) is 2.89. The number of nitrogens with two attached hydrogens (primary N) is 1. The molecule has 3 N–H and O–H groups in total. The zero-order valence-electron chi connectivity index (χ0n) is 10.7. The summed E-state index contributed by atoms with van der Waals surface area (Å²) < 4.78 is 13.5. The predicted octanol–water partition coefficient (Wildman–Crippen LogP) is 1.97. The van der Waals surface area contributed by atoms with Crippen molar-refractivity contribution in [3.05, 3.63) is 29.1 Å². The number of aliphatic hydroxyl groups is 1. The second-order valence-electron chi connectivity index (χ2n) is 4.25. The van der Waals surface area contributed by atoms with E-state index < -0.39 is 0 Å². The monoisotopic (exact) mass is 240 g/mol. The number of benzene rings is 1. The summed E-state index contributed by atoms with van der Waals surface area (Å²) in [4.78, 5) is 2.01. The fourth-order valence-corrected chi connectivity index (χ4v) is 1.89. The van der Waals surface area contributed by atoms with Gasteiger partial charge in [0.1, 0.15) is 5.82 Å². The van der Waals surface area contributed by atoms with E-state index in [-0.39, 0.29) is 18.5 Å². The van der Waals surface area contributed by atoms with Crippen LogP contribution in [0.3, 0.4) is 0 Å². The molecule has 17 heavy (non-hydrogen) atoms. The molecule has 1 unspecified atom stereocenters. The minimum atomic E-state index is -0.235. The zero-order valence-corrected chi connectivity index (χ0v) is 10.7. The highest BCUT2D eigenvalue weighted by Gasteiger charge is 2.15. The topological polar surface area (TPSA) is 49.5 Å². The van der Waals surface area contributed by atoms with Gasteiger partial charge in [-0.2, -0.15) is 0 Å². The summed E-state index contributed by atoms with van der Waals surface area (Å²) in [6.45, 7) is 6.92. The Bertz CT molecular complexity index is 380.